The summed E-state index contributed by atoms with van der Waals surface area (Å²) in [5, 5.41) is 12.9. The van der Waals surface area contributed by atoms with Crippen molar-refractivity contribution in [2.45, 2.75) is 32.4 Å². The van der Waals surface area contributed by atoms with Crippen molar-refractivity contribution in [2.24, 2.45) is 0 Å². The molecule has 3 aromatic carbocycles. The van der Waals surface area contributed by atoms with Gasteiger partial charge in [0, 0.05) is 34.6 Å². The molecule has 4 heterocycles. The molecular formula is C34H33FN6O3S. The van der Waals surface area contributed by atoms with Gasteiger partial charge in [-0.1, -0.05) is 12.1 Å². The second-order valence-electron chi connectivity index (χ2n) is 11.7. The predicted octanol–water partition coefficient (Wildman–Crippen LogP) is 6.07. The summed E-state index contributed by atoms with van der Waals surface area (Å²) in [5.74, 6) is 0.409. The molecule has 230 valence electrons. The second-order valence-corrected chi connectivity index (χ2v) is 13.5. The summed E-state index contributed by atoms with van der Waals surface area (Å²) >= 11 is 0. The number of aromatic nitrogens is 4. The molecule has 0 aliphatic carbocycles. The Hall–Kier alpha value is -4.58. The van der Waals surface area contributed by atoms with Crippen molar-refractivity contribution in [1.29, 1.82) is 0 Å². The smallest absolute Gasteiger partial charge is 0.209 e. The van der Waals surface area contributed by atoms with Crippen LogP contribution in [0.1, 0.15) is 24.0 Å². The van der Waals surface area contributed by atoms with E-state index in [9.17, 15) is 12.8 Å². The number of fused-ring (bicyclic) bond motifs is 2. The highest BCUT2D eigenvalue weighted by Gasteiger charge is 2.18. The fraction of sp³-hybridized carbons (Fsp3) is 0.235. The topological polar surface area (TPSA) is 125 Å². The maximum atomic E-state index is 14.6. The minimum absolute atomic E-state index is 0.0217. The third-order valence-corrected chi connectivity index (χ3v) is 8.78. The Kier molecular flexibility index (Phi) is 7.60. The fourth-order valence-corrected chi connectivity index (χ4v) is 6.43. The minimum atomic E-state index is -3.43. The number of hydrogen-bond donors (Lipinski definition) is 4. The van der Waals surface area contributed by atoms with Crippen molar-refractivity contribution < 1.29 is 17.5 Å². The van der Waals surface area contributed by atoms with Crippen molar-refractivity contribution in [2.75, 3.05) is 19.3 Å². The average Bonchev–Trinajstić information content (AvgIpc) is 3.63. The number of piperidine rings is 1. The van der Waals surface area contributed by atoms with Crippen LogP contribution in [-0.4, -0.2) is 54.0 Å². The Morgan fingerprint density at radius 3 is 2.56 bits per heavy atom. The first-order chi connectivity index (χ1) is 21.7. The molecule has 0 amide bonds. The Balaban J connectivity index is 1.24. The maximum absolute atomic E-state index is 14.6. The van der Waals surface area contributed by atoms with Gasteiger partial charge in [0.2, 0.25) is 10.0 Å². The van der Waals surface area contributed by atoms with E-state index in [1.807, 2.05) is 18.2 Å². The third-order valence-electron chi connectivity index (χ3n) is 8.11. The lowest BCUT2D eigenvalue weighted by Gasteiger charge is -2.24. The molecule has 4 N–H and O–H groups in total. The van der Waals surface area contributed by atoms with Gasteiger partial charge < -0.3 is 15.0 Å². The minimum Gasteiger partial charge on any atom is -0.490 e. The molecule has 45 heavy (non-hydrogen) atoms. The normalized spacial score (nSPS) is 14.4. The Morgan fingerprint density at radius 2 is 1.73 bits per heavy atom. The molecule has 11 heteroatoms. The molecule has 1 aliphatic heterocycles. The molecule has 1 fully saturated rings. The Bertz CT molecular complexity index is 2150. The number of halogens is 1. The predicted molar refractivity (Wildman–Crippen MR) is 175 cm³/mol. The van der Waals surface area contributed by atoms with Gasteiger partial charge >= 0.3 is 0 Å². The molecule has 6 aromatic rings. The van der Waals surface area contributed by atoms with Gasteiger partial charge in [0.1, 0.15) is 23.4 Å². The number of ether oxygens (including phenoxy) is 1. The van der Waals surface area contributed by atoms with E-state index in [0.29, 0.717) is 16.8 Å². The lowest BCUT2D eigenvalue weighted by molar-refractivity contribution is 0.162. The van der Waals surface area contributed by atoms with E-state index in [0.717, 1.165) is 87.8 Å². The number of sulfonamides is 1. The van der Waals surface area contributed by atoms with Crippen molar-refractivity contribution in [1.82, 2.24) is 30.2 Å². The third kappa shape index (κ3) is 6.32. The number of hydrogen-bond acceptors (Lipinski definition) is 6. The number of pyridine rings is 1. The van der Waals surface area contributed by atoms with Gasteiger partial charge in [-0.25, -0.2) is 17.5 Å². The lowest BCUT2D eigenvalue weighted by Crippen LogP contribution is -2.34. The summed E-state index contributed by atoms with van der Waals surface area (Å²) in [6.07, 6.45) is 4.95. The van der Waals surface area contributed by atoms with Crippen LogP contribution in [0.25, 0.3) is 55.6 Å². The van der Waals surface area contributed by atoms with Crippen LogP contribution in [0.2, 0.25) is 0 Å². The van der Waals surface area contributed by atoms with Crippen LogP contribution in [0.3, 0.4) is 0 Å². The number of H-pyrrole nitrogens is 2. The van der Waals surface area contributed by atoms with Crippen LogP contribution in [0.15, 0.2) is 72.9 Å². The zero-order valence-electron chi connectivity index (χ0n) is 24.9. The first-order valence-corrected chi connectivity index (χ1v) is 16.8. The van der Waals surface area contributed by atoms with Crippen molar-refractivity contribution in [3.05, 3.63) is 89.9 Å². The summed E-state index contributed by atoms with van der Waals surface area (Å²) in [6, 6.07) is 20.9. The van der Waals surface area contributed by atoms with Crippen LogP contribution in [0, 0.1) is 12.7 Å². The van der Waals surface area contributed by atoms with Gasteiger partial charge in [-0.3, -0.25) is 10.1 Å². The Labute approximate surface area is 260 Å². The van der Waals surface area contributed by atoms with E-state index in [4.69, 9.17) is 4.74 Å². The first kappa shape index (κ1) is 29.1. The van der Waals surface area contributed by atoms with E-state index in [1.165, 1.54) is 12.1 Å². The molecule has 0 bridgehead atoms. The molecule has 0 atom stereocenters. The number of benzene rings is 3. The summed E-state index contributed by atoms with van der Waals surface area (Å²) in [4.78, 5) is 8.03. The highest BCUT2D eigenvalue weighted by atomic mass is 32.2. The van der Waals surface area contributed by atoms with Crippen LogP contribution in [-0.2, 0) is 16.6 Å². The average molecular weight is 625 g/mol. The highest BCUT2D eigenvalue weighted by Crippen LogP contribution is 2.36. The highest BCUT2D eigenvalue weighted by molar-refractivity contribution is 7.88. The quantitative estimate of drug-likeness (QED) is 0.163. The molecule has 1 saturated heterocycles. The van der Waals surface area contributed by atoms with Crippen LogP contribution >= 0.6 is 0 Å². The molecule has 0 unspecified atom stereocenters. The number of aromatic amines is 2. The van der Waals surface area contributed by atoms with E-state index >= 15 is 0 Å². The molecule has 0 spiro atoms. The van der Waals surface area contributed by atoms with Gasteiger partial charge in [0.25, 0.3) is 0 Å². The molecule has 9 nitrogen and oxygen atoms in total. The van der Waals surface area contributed by atoms with Crippen LogP contribution < -0.4 is 14.8 Å². The largest absolute Gasteiger partial charge is 0.490 e. The standard InChI is InChI=1S/C34H33FN6O3S/c1-20-11-23(16-27(12-20)44-26-5-8-36-9-6-26)22-3-4-31-28(17-22)34(41-40-31)32-18-29-30(39-32)7-10-37-33(29)24-13-21(14-25(35)15-24)19-38-45(2,42)43/h3-4,7,10-18,26,36,38-39H,5-6,8-9,19H2,1-2H3,(H,40,41). The van der Waals surface area contributed by atoms with Crippen LogP contribution in [0.4, 0.5) is 4.39 Å². The number of rotatable bonds is 8. The van der Waals surface area contributed by atoms with E-state index < -0.39 is 15.8 Å². The van der Waals surface area contributed by atoms with Crippen molar-refractivity contribution in [3.8, 4) is 39.5 Å². The molecule has 0 radical (unpaired) electrons. The molecular weight excluding hydrogens is 591 g/mol. The van der Waals surface area contributed by atoms with Crippen LogP contribution in [0.5, 0.6) is 5.75 Å². The molecule has 0 saturated carbocycles. The van der Waals surface area contributed by atoms with Gasteiger partial charge in [-0.15, -0.1) is 0 Å². The van der Waals surface area contributed by atoms with E-state index in [-0.39, 0.29) is 12.6 Å². The number of nitrogens with zero attached hydrogens (tertiary/aromatic N) is 2. The summed E-state index contributed by atoms with van der Waals surface area (Å²) in [7, 11) is -3.43. The fourth-order valence-electron chi connectivity index (χ4n) is 6.00. The number of nitrogens with one attached hydrogen (secondary N) is 4. The van der Waals surface area contributed by atoms with Gasteiger partial charge in [0.05, 0.1) is 23.2 Å². The number of aryl methyl sites for hydroxylation is 1. The lowest BCUT2D eigenvalue weighted by atomic mass is 10.00. The summed E-state index contributed by atoms with van der Waals surface area (Å²) in [6.45, 7) is 4.01. The van der Waals surface area contributed by atoms with Gasteiger partial charge in [0.15, 0.2) is 0 Å². The molecule has 3 aromatic heterocycles. The SMILES string of the molecule is Cc1cc(OC2CCNCC2)cc(-c2ccc3[nH]nc(-c4cc5c(-c6cc(F)cc(CNS(C)(=O)=O)c6)nccc5[nH]4)c3c2)c1. The van der Waals surface area contributed by atoms with Crippen molar-refractivity contribution >= 4 is 31.8 Å². The van der Waals surface area contributed by atoms with Gasteiger partial charge in [-0.2, -0.15) is 5.10 Å². The Morgan fingerprint density at radius 1 is 0.911 bits per heavy atom. The van der Waals surface area contributed by atoms with Gasteiger partial charge in [-0.05, 0) is 110 Å². The summed E-state index contributed by atoms with van der Waals surface area (Å²) in [5.41, 5.74) is 8.15. The first-order valence-electron chi connectivity index (χ1n) is 14.9. The molecule has 7 rings (SSSR count). The monoisotopic (exact) mass is 624 g/mol. The summed E-state index contributed by atoms with van der Waals surface area (Å²) < 4.78 is 46.6. The molecule has 1 aliphatic rings. The van der Waals surface area contributed by atoms with E-state index in [1.54, 1.807) is 12.3 Å². The maximum Gasteiger partial charge on any atom is 0.209 e. The second kappa shape index (κ2) is 11.7. The zero-order valence-corrected chi connectivity index (χ0v) is 25.8. The van der Waals surface area contributed by atoms with E-state index in [2.05, 4.69) is 67.5 Å². The van der Waals surface area contributed by atoms with Crippen molar-refractivity contribution in [3.63, 3.8) is 0 Å². The zero-order chi connectivity index (χ0) is 31.1.